The summed E-state index contributed by atoms with van der Waals surface area (Å²) in [5, 5.41) is 4.20. The quantitative estimate of drug-likeness (QED) is 0.813. The van der Waals surface area contributed by atoms with Crippen LogP contribution in [0.2, 0.25) is 0 Å². The second-order valence-corrected chi connectivity index (χ2v) is 4.76. The van der Waals surface area contributed by atoms with E-state index >= 15 is 0 Å². The van der Waals surface area contributed by atoms with Gasteiger partial charge in [-0.05, 0) is 42.4 Å². The molecule has 0 aliphatic heterocycles. The molecule has 1 heterocycles. The third-order valence-electron chi connectivity index (χ3n) is 3.64. The average molecular weight is 227 g/mol. The molecule has 3 rings (SSSR count). The van der Waals surface area contributed by atoms with E-state index in [1.54, 1.807) is 4.68 Å². The molecule has 3 nitrogen and oxygen atoms in total. The van der Waals surface area contributed by atoms with Crippen molar-refractivity contribution in [1.82, 2.24) is 9.78 Å². The number of nitrogens with zero attached hydrogens (tertiary/aromatic N) is 2. The number of aryl methyl sites for hydroxylation is 3. The first kappa shape index (κ1) is 10.4. The molecular weight excluding hydrogens is 210 g/mol. The van der Waals surface area contributed by atoms with E-state index in [9.17, 15) is 0 Å². The molecule has 1 aromatic carbocycles. The van der Waals surface area contributed by atoms with E-state index in [0.29, 0.717) is 0 Å². The lowest BCUT2D eigenvalue weighted by molar-refractivity contribution is 0.686. The number of aromatic nitrogens is 2. The molecule has 0 saturated heterocycles. The minimum absolute atomic E-state index is 0.737. The van der Waals surface area contributed by atoms with Gasteiger partial charge in [0.2, 0.25) is 0 Å². The largest absolute Gasteiger partial charge is 0.383 e. The van der Waals surface area contributed by atoms with Gasteiger partial charge in [-0.2, -0.15) is 5.10 Å². The van der Waals surface area contributed by atoms with E-state index in [-0.39, 0.29) is 0 Å². The van der Waals surface area contributed by atoms with Crippen molar-refractivity contribution in [3.05, 3.63) is 35.5 Å². The number of fused-ring (bicyclic) bond motifs is 1. The van der Waals surface area contributed by atoms with E-state index in [0.717, 1.165) is 11.4 Å². The summed E-state index contributed by atoms with van der Waals surface area (Å²) in [6.07, 6.45) is 6.89. The molecule has 2 aromatic rings. The van der Waals surface area contributed by atoms with Crippen LogP contribution in [0, 0.1) is 0 Å². The third-order valence-corrected chi connectivity index (χ3v) is 3.64. The molecule has 0 spiro atoms. The van der Waals surface area contributed by atoms with E-state index in [2.05, 4.69) is 23.3 Å². The van der Waals surface area contributed by atoms with Gasteiger partial charge in [0, 0.05) is 12.6 Å². The summed E-state index contributed by atoms with van der Waals surface area (Å²) >= 11 is 0. The Morgan fingerprint density at radius 2 is 1.94 bits per heavy atom. The summed E-state index contributed by atoms with van der Waals surface area (Å²) < 4.78 is 1.72. The molecule has 2 N–H and O–H groups in total. The fraction of sp³-hybridized carbons (Fsp3) is 0.357. The molecule has 88 valence electrons. The van der Waals surface area contributed by atoms with Crippen molar-refractivity contribution in [1.29, 1.82) is 0 Å². The lowest BCUT2D eigenvalue weighted by Gasteiger charge is -2.16. The van der Waals surface area contributed by atoms with Gasteiger partial charge in [-0.1, -0.05) is 18.2 Å². The Balaban J connectivity index is 2.07. The van der Waals surface area contributed by atoms with Crippen molar-refractivity contribution in [2.45, 2.75) is 25.7 Å². The van der Waals surface area contributed by atoms with Gasteiger partial charge in [0.25, 0.3) is 0 Å². The monoisotopic (exact) mass is 227 g/mol. The Morgan fingerprint density at radius 1 is 1.18 bits per heavy atom. The predicted molar refractivity (Wildman–Crippen MR) is 69.7 cm³/mol. The molecule has 0 fully saturated rings. The zero-order valence-electron chi connectivity index (χ0n) is 10.1. The Hall–Kier alpha value is -1.77. The number of anilines is 1. The van der Waals surface area contributed by atoms with Crippen molar-refractivity contribution in [2.75, 3.05) is 5.73 Å². The minimum atomic E-state index is 0.737. The highest BCUT2D eigenvalue weighted by Crippen LogP contribution is 2.30. The highest BCUT2D eigenvalue weighted by molar-refractivity contribution is 5.74. The maximum absolute atomic E-state index is 6.01. The number of hydrogen-bond donors (Lipinski definition) is 1. The first-order chi connectivity index (χ1) is 8.25. The van der Waals surface area contributed by atoms with Crippen molar-refractivity contribution < 1.29 is 0 Å². The number of benzene rings is 1. The second-order valence-electron chi connectivity index (χ2n) is 4.76. The van der Waals surface area contributed by atoms with Crippen LogP contribution in [0.1, 0.15) is 24.0 Å². The zero-order chi connectivity index (χ0) is 11.8. The fourth-order valence-electron chi connectivity index (χ4n) is 2.57. The number of nitrogen functional groups attached to an aromatic ring is 1. The maximum atomic E-state index is 6.01. The summed E-state index contributed by atoms with van der Waals surface area (Å²) in [5.41, 5.74) is 11.2. The summed E-state index contributed by atoms with van der Waals surface area (Å²) in [7, 11) is 1.87. The van der Waals surface area contributed by atoms with Crippen molar-refractivity contribution in [3.8, 4) is 11.1 Å². The van der Waals surface area contributed by atoms with Crippen molar-refractivity contribution in [3.63, 3.8) is 0 Å². The molecule has 0 amide bonds. The lowest BCUT2D eigenvalue weighted by atomic mass is 9.89. The van der Waals surface area contributed by atoms with Gasteiger partial charge in [-0.25, -0.2) is 0 Å². The first-order valence-electron chi connectivity index (χ1n) is 6.15. The average Bonchev–Trinajstić information content (AvgIpc) is 2.70. The van der Waals surface area contributed by atoms with Crippen LogP contribution in [0.5, 0.6) is 0 Å². The fourth-order valence-corrected chi connectivity index (χ4v) is 2.57. The van der Waals surface area contributed by atoms with Crippen LogP contribution in [0.15, 0.2) is 24.4 Å². The van der Waals surface area contributed by atoms with Crippen LogP contribution < -0.4 is 5.73 Å². The molecule has 0 unspecified atom stereocenters. The molecule has 0 radical (unpaired) electrons. The highest BCUT2D eigenvalue weighted by Gasteiger charge is 2.12. The number of hydrogen-bond acceptors (Lipinski definition) is 2. The van der Waals surface area contributed by atoms with Gasteiger partial charge in [0.1, 0.15) is 5.82 Å². The summed E-state index contributed by atoms with van der Waals surface area (Å²) in [6.45, 7) is 0. The van der Waals surface area contributed by atoms with Crippen LogP contribution in [-0.2, 0) is 19.9 Å². The third kappa shape index (κ3) is 1.71. The van der Waals surface area contributed by atoms with Crippen LogP contribution >= 0.6 is 0 Å². The maximum Gasteiger partial charge on any atom is 0.129 e. The standard InChI is InChI=1S/C14H17N3/c1-17-14(15)13(9-16-17)12-7-6-10-4-2-3-5-11(10)8-12/h6-9H,2-5,15H2,1H3. The van der Waals surface area contributed by atoms with Gasteiger partial charge in [-0.3, -0.25) is 4.68 Å². The molecular formula is C14H17N3. The van der Waals surface area contributed by atoms with Crippen molar-refractivity contribution >= 4 is 5.82 Å². The van der Waals surface area contributed by atoms with Crippen LogP contribution in [0.3, 0.4) is 0 Å². The molecule has 1 aliphatic carbocycles. The lowest BCUT2D eigenvalue weighted by Crippen LogP contribution is -2.02. The van der Waals surface area contributed by atoms with Crippen LogP contribution in [0.4, 0.5) is 5.82 Å². The van der Waals surface area contributed by atoms with E-state index in [1.807, 2.05) is 13.2 Å². The molecule has 1 aromatic heterocycles. The Bertz CT molecular complexity index is 555. The molecule has 0 bridgehead atoms. The summed E-state index contributed by atoms with van der Waals surface area (Å²) in [5.74, 6) is 0.737. The molecule has 1 aliphatic rings. The molecule has 0 saturated carbocycles. The smallest absolute Gasteiger partial charge is 0.129 e. The van der Waals surface area contributed by atoms with Crippen molar-refractivity contribution in [2.24, 2.45) is 7.05 Å². The van der Waals surface area contributed by atoms with Gasteiger partial charge in [0.15, 0.2) is 0 Å². The van der Waals surface area contributed by atoms with Crippen LogP contribution in [-0.4, -0.2) is 9.78 Å². The Kier molecular flexibility index (Phi) is 2.39. The zero-order valence-corrected chi connectivity index (χ0v) is 10.1. The second kappa shape index (κ2) is 3.91. The van der Waals surface area contributed by atoms with Gasteiger partial charge >= 0.3 is 0 Å². The Morgan fingerprint density at radius 3 is 2.65 bits per heavy atom. The summed E-state index contributed by atoms with van der Waals surface area (Å²) in [6, 6.07) is 6.69. The molecule has 17 heavy (non-hydrogen) atoms. The summed E-state index contributed by atoms with van der Waals surface area (Å²) in [4.78, 5) is 0. The van der Waals surface area contributed by atoms with Gasteiger partial charge < -0.3 is 5.73 Å². The predicted octanol–water partition coefficient (Wildman–Crippen LogP) is 2.55. The highest BCUT2D eigenvalue weighted by atomic mass is 15.3. The Labute approximate surface area is 101 Å². The number of nitrogens with two attached hydrogens (primary N) is 1. The minimum Gasteiger partial charge on any atom is -0.383 e. The van der Waals surface area contributed by atoms with E-state index < -0.39 is 0 Å². The first-order valence-corrected chi connectivity index (χ1v) is 6.15. The van der Waals surface area contributed by atoms with Crippen LogP contribution in [0.25, 0.3) is 11.1 Å². The molecule has 3 heteroatoms. The normalized spacial score (nSPS) is 14.6. The van der Waals surface area contributed by atoms with E-state index in [1.165, 1.54) is 42.4 Å². The van der Waals surface area contributed by atoms with E-state index in [4.69, 9.17) is 5.73 Å². The van der Waals surface area contributed by atoms with Gasteiger partial charge in [0.05, 0.1) is 6.20 Å². The topological polar surface area (TPSA) is 43.8 Å². The van der Waals surface area contributed by atoms with Gasteiger partial charge in [-0.15, -0.1) is 0 Å². The molecule has 0 atom stereocenters. The SMILES string of the molecule is Cn1ncc(-c2ccc3c(c2)CCCC3)c1N. The number of rotatable bonds is 1.